The molecule has 0 aliphatic rings. The van der Waals surface area contributed by atoms with E-state index < -0.39 is 0 Å². The van der Waals surface area contributed by atoms with Crippen molar-refractivity contribution in [3.63, 3.8) is 0 Å². The van der Waals surface area contributed by atoms with Crippen molar-refractivity contribution < 1.29 is 0 Å². The predicted molar refractivity (Wildman–Crippen MR) is 81.9 cm³/mol. The number of halogens is 2. The highest BCUT2D eigenvalue weighted by atomic mass is 35.5. The Morgan fingerprint density at radius 1 is 1.10 bits per heavy atom. The zero-order chi connectivity index (χ0) is 14.8. The fourth-order valence-electron chi connectivity index (χ4n) is 1.59. The maximum Gasteiger partial charge on any atom is 0.220 e. The summed E-state index contributed by atoms with van der Waals surface area (Å²) in [4.78, 5) is 4.15. The number of anilines is 1. The van der Waals surface area contributed by atoms with Crippen LogP contribution in [0, 0.1) is 0 Å². The minimum absolute atomic E-state index is 0.210. The standard InChI is InChI=1S/C12H8Cl2N6S/c13-8-6-9(14)11(16-10(8)15)21-12-17-18-19-20(12)7-4-2-1-3-5-7/h1-6H,(H2,15,16). The molecular weight excluding hydrogens is 331 g/mol. The fourth-order valence-corrected chi connectivity index (χ4v) is 2.85. The van der Waals surface area contributed by atoms with Gasteiger partial charge in [0.15, 0.2) is 0 Å². The summed E-state index contributed by atoms with van der Waals surface area (Å²) in [5, 5.41) is 13.3. The van der Waals surface area contributed by atoms with Gasteiger partial charge in [-0.1, -0.05) is 41.4 Å². The zero-order valence-electron chi connectivity index (χ0n) is 10.4. The van der Waals surface area contributed by atoms with Crippen LogP contribution in [0.1, 0.15) is 0 Å². The van der Waals surface area contributed by atoms with Crippen molar-refractivity contribution in [2.24, 2.45) is 0 Å². The van der Waals surface area contributed by atoms with Crippen molar-refractivity contribution >= 4 is 40.8 Å². The lowest BCUT2D eigenvalue weighted by molar-refractivity contribution is 0.756. The molecule has 0 atom stereocenters. The molecule has 0 radical (unpaired) electrons. The maximum absolute atomic E-state index is 6.12. The summed E-state index contributed by atoms with van der Waals surface area (Å²) in [5.74, 6) is 0.210. The molecule has 3 rings (SSSR count). The number of tetrazole rings is 1. The number of nitrogen functional groups attached to an aromatic ring is 1. The first-order valence-electron chi connectivity index (χ1n) is 5.78. The molecule has 6 nitrogen and oxygen atoms in total. The summed E-state index contributed by atoms with van der Waals surface area (Å²) in [6.07, 6.45) is 0. The Balaban J connectivity index is 1.97. The summed E-state index contributed by atoms with van der Waals surface area (Å²) in [7, 11) is 0. The van der Waals surface area contributed by atoms with Crippen molar-refractivity contribution in [1.82, 2.24) is 25.2 Å². The third-order valence-corrected chi connectivity index (χ3v) is 4.20. The lowest BCUT2D eigenvalue weighted by Gasteiger charge is -2.06. The summed E-state index contributed by atoms with van der Waals surface area (Å²) >= 11 is 13.2. The minimum atomic E-state index is 0.210. The molecule has 0 amide bonds. The van der Waals surface area contributed by atoms with Crippen LogP contribution in [0.15, 0.2) is 46.6 Å². The van der Waals surface area contributed by atoms with E-state index in [0.717, 1.165) is 5.69 Å². The monoisotopic (exact) mass is 338 g/mol. The molecule has 0 bridgehead atoms. The number of aromatic nitrogens is 5. The fraction of sp³-hybridized carbons (Fsp3) is 0. The first-order chi connectivity index (χ1) is 10.1. The third kappa shape index (κ3) is 2.94. The van der Waals surface area contributed by atoms with E-state index in [1.54, 1.807) is 10.7 Å². The van der Waals surface area contributed by atoms with Crippen molar-refractivity contribution in [3.8, 4) is 5.69 Å². The Bertz CT molecular complexity index is 777. The van der Waals surface area contributed by atoms with Gasteiger partial charge in [-0.25, -0.2) is 4.98 Å². The smallest absolute Gasteiger partial charge is 0.220 e. The van der Waals surface area contributed by atoms with Crippen molar-refractivity contribution in [3.05, 3.63) is 46.4 Å². The molecule has 0 saturated carbocycles. The Kier molecular flexibility index (Phi) is 3.96. The van der Waals surface area contributed by atoms with Gasteiger partial charge in [-0.15, -0.1) is 5.10 Å². The molecular formula is C12H8Cl2N6S. The molecule has 1 aromatic carbocycles. The van der Waals surface area contributed by atoms with Crippen molar-refractivity contribution in [1.29, 1.82) is 0 Å². The summed E-state index contributed by atoms with van der Waals surface area (Å²) < 4.78 is 1.59. The second-order valence-electron chi connectivity index (χ2n) is 3.95. The number of para-hydroxylation sites is 1. The molecule has 0 unspecified atom stereocenters. The van der Waals surface area contributed by atoms with E-state index in [1.807, 2.05) is 30.3 Å². The van der Waals surface area contributed by atoms with Crippen LogP contribution in [0.5, 0.6) is 0 Å². The second-order valence-corrected chi connectivity index (χ2v) is 5.72. The number of pyridine rings is 1. The highest BCUT2D eigenvalue weighted by Crippen LogP contribution is 2.34. The number of hydrogen-bond donors (Lipinski definition) is 1. The minimum Gasteiger partial charge on any atom is -0.382 e. The van der Waals surface area contributed by atoms with Gasteiger partial charge in [0.2, 0.25) is 5.16 Å². The number of nitrogens with zero attached hydrogens (tertiary/aromatic N) is 5. The van der Waals surface area contributed by atoms with Gasteiger partial charge in [0, 0.05) is 0 Å². The third-order valence-electron chi connectivity index (χ3n) is 2.55. The first kappa shape index (κ1) is 14.1. The quantitative estimate of drug-likeness (QED) is 0.790. The first-order valence-corrected chi connectivity index (χ1v) is 7.35. The zero-order valence-corrected chi connectivity index (χ0v) is 12.8. The molecule has 0 aliphatic carbocycles. The van der Waals surface area contributed by atoms with Gasteiger partial charge in [-0.3, -0.25) is 0 Å². The van der Waals surface area contributed by atoms with E-state index in [-0.39, 0.29) is 5.82 Å². The van der Waals surface area contributed by atoms with Crippen LogP contribution in [-0.2, 0) is 0 Å². The van der Waals surface area contributed by atoms with E-state index >= 15 is 0 Å². The van der Waals surface area contributed by atoms with E-state index in [9.17, 15) is 0 Å². The molecule has 2 N–H and O–H groups in total. The molecule has 3 aromatic rings. The lowest BCUT2D eigenvalue weighted by atomic mass is 10.3. The largest absolute Gasteiger partial charge is 0.382 e. The summed E-state index contributed by atoms with van der Waals surface area (Å²) in [6, 6.07) is 11.1. The molecule has 0 saturated heterocycles. The SMILES string of the molecule is Nc1nc(Sc2nnnn2-c2ccccc2)c(Cl)cc1Cl. The second kappa shape index (κ2) is 5.88. The van der Waals surface area contributed by atoms with Crippen LogP contribution in [-0.4, -0.2) is 25.2 Å². The van der Waals surface area contributed by atoms with Crippen molar-refractivity contribution in [2.45, 2.75) is 10.2 Å². The van der Waals surface area contributed by atoms with Crippen LogP contribution in [0.4, 0.5) is 5.82 Å². The Morgan fingerprint density at radius 3 is 2.62 bits per heavy atom. The maximum atomic E-state index is 6.12. The normalized spacial score (nSPS) is 10.8. The van der Waals surface area contributed by atoms with Gasteiger partial charge in [-0.2, -0.15) is 4.68 Å². The summed E-state index contributed by atoms with van der Waals surface area (Å²) in [6.45, 7) is 0. The van der Waals surface area contributed by atoms with Crippen LogP contribution >= 0.6 is 35.0 Å². The van der Waals surface area contributed by atoms with Gasteiger partial charge < -0.3 is 5.73 Å². The number of rotatable bonds is 3. The topological polar surface area (TPSA) is 82.5 Å². The number of benzene rings is 1. The van der Waals surface area contributed by atoms with Gasteiger partial charge in [0.05, 0.1) is 15.7 Å². The molecule has 0 fully saturated rings. The van der Waals surface area contributed by atoms with Gasteiger partial charge in [0.1, 0.15) is 10.8 Å². The Labute approximate surface area is 134 Å². The Morgan fingerprint density at radius 2 is 1.86 bits per heavy atom. The van der Waals surface area contributed by atoms with E-state index in [2.05, 4.69) is 20.5 Å². The van der Waals surface area contributed by atoms with Crippen molar-refractivity contribution in [2.75, 3.05) is 5.73 Å². The average molecular weight is 339 g/mol. The molecule has 0 aliphatic heterocycles. The predicted octanol–water partition coefficient (Wildman–Crippen LogP) is 3.10. The molecule has 21 heavy (non-hydrogen) atoms. The van der Waals surface area contributed by atoms with Gasteiger partial charge in [0.25, 0.3) is 0 Å². The lowest BCUT2D eigenvalue weighted by Crippen LogP contribution is -1.99. The summed E-state index contributed by atoms with van der Waals surface area (Å²) in [5.41, 5.74) is 6.53. The van der Waals surface area contributed by atoms with E-state index in [0.29, 0.717) is 20.2 Å². The molecule has 0 spiro atoms. The van der Waals surface area contributed by atoms with E-state index in [4.69, 9.17) is 28.9 Å². The van der Waals surface area contributed by atoms with E-state index in [1.165, 1.54) is 11.8 Å². The number of hydrogen-bond acceptors (Lipinski definition) is 6. The highest BCUT2D eigenvalue weighted by Gasteiger charge is 2.14. The van der Waals surface area contributed by atoms with Gasteiger partial charge >= 0.3 is 0 Å². The molecule has 2 aromatic heterocycles. The van der Waals surface area contributed by atoms with Gasteiger partial charge in [-0.05, 0) is 40.4 Å². The van der Waals surface area contributed by atoms with Crippen LogP contribution in [0.3, 0.4) is 0 Å². The molecule has 106 valence electrons. The van der Waals surface area contributed by atoms with Crippen LogP contribution in [0.2, 0.25) is 10.0 Å². The number of nitrogens with two attached hydrogens (primary N) is 1. The van der Waals surface area contributed by atoms with Crippen LogP contribution < -0.4 is 5.73 Å². The van der Waals surface area contributed by atoms with Crippen LogP contribution in [0.25, 0.3) is 5.69 Å². The highest BCUT2D eigenvalue weighted by molar-refractivity contribution is 7.99. The molecule has 9 heteroatoms. The average Bonchev–Trinajstić information content (AvgIpc) is 2.94. The Hall–Kier alpha value is -1.83. The molecule has 2 heterocycles.